The fourth-order valence-corrected chi connectivity index (χ4v) is 2.56. The van der Waals surface area contributed by atoms with Crippen molar-refractivity contribution in [3.8, 4) is 5.75 Å². The maximum Gasteiger partial charge on any atom is 0.349 e. The Morgan fingerprint density at radius 2 is 2.05 bits per heavy atom. The summed E-state index contributed by atoms with van der Waals surface area (Å²) in [6.45, 7) is 7.11. The molecule has 122 valence electrons. The Morgan fingerprint density at radius 1 is 1.36 bits per heavy atom. The molecule has 1 aromatic rings. The minimum atomic E-state index is -1.02. The minimum Gasteiger partial charge on any atom is -0.476 e. The molecule has 0 radical (unpaired) electrons. The van der Waals surface area contributed by atoms with E-state index < -0.39 is 5.60 Å². The Hall–Kier alpha value is -1.75. The van der Waals surface area contributed by atoms with Crippen molar-refractivity contribution in [2.45, 2.75) is 45.3 Å². The van der Waals surface area contributed by atoms with Crippen LogP contribution in [-0.4, -0.2) is 42.5 Å². The summed E-state index contributed by atoms with van der Waals surface area (Å²) in [4.78, 5) is 14.0. The fourth-order valence-electron chi connectivity index (χ4n) is 2.56. The van der Waals surface area contributed by atoms with Gasteiger partial charge in [-0.1, -0.05) is 0 Å². The van der Waals surface area contributed by atoms with Gasteiger partial charge in [0.1, 0.15) is 5.75 Å². The van der Waals surface area contributed by atoms with E-state index in [-0.39, 0.29) is 12.1 Å². The maximum absolute atomic E-state index is 11.8. The number of hydrogen-bond acceptors (Lipinski definition) is 5. The molecule has 1 N–H and O–H groups in total. The van der Waals surface area contributed by atoms with Crippen molar-refractivity contribution < 1.29 is 19.4 Å². The van der Waals surface area contributed by atoms with Crippen molar-refractivity contribution in [1.82, 2.24) is 0 Å². The Kier molecular flexibility index (Phi) is 5.29. The number of aliphatic hydroxyl groups is 1. The molecule has 1 aliphatic heterocycles. The number of carbonyl (C=O) groups excluding carboxylic acids is 1. The van der Waals surface area contributed by atoms with Crippen LogP contribution in [0.3, 0.4) is 0 Å². The topological polar surface area (TPSA) is 59.0 Å². The number of piperidine rings is 1. The van der Waals surface area contributed by atoms with Gasteiger partial charge in [0, 0.05) is 18.8 Å². The lowest BCUT2D eigenvalue weighted by molar-refractivity contribution is -0.158. The zero-order valence-electron chi connectivity index (χ0n) is 13.5. The molecule has 1 aromatic carbocycles. The van der Waals surface area contributed by atoms with Crippen molar-refractivity contribution in [2.24, 2.45) is 0 Å². The second kappa shape index (κ2) is 7.01. The first-order valence-corrected chi connectivity index (χ1v) is 7.81. The molecular weight excluding hydrogens is 282 g/mol. The number of anilines is 1. The number of ether oxygens (including phenoxy) is 2. The maximum atomic E-state index is 11.8. The first-order valence-electron chi connectivity index (χ1n) is 7.81. The summed E-state index contributed by atoms with van der Waals surface area (Å²) >= 11 is 0. The van der Waals surface area contributed by atoms with Gasteiger partial charge in [-0.25, -0.2) is 4.79 Å². The van der Waals surface area contributed by atoms with Gasteiger partial charge in [-0.05, 0) is 57.9 Å². The number of rotatable bonds is 5. The summed E-state index contributed by atoms with van der Waals surface area (Å²) in [6, 6.07) is 7.60. The van der Waals surface area contributed by atoms with Gasteiger partial charge < -0.3 is 19.5 Å². The molecule has 1 aliphatic rings. The second-order valence-corrected chi connectivity index (χ2v) is 6.07. The van der Waals surface area contributed by atoms with E-state index >= 15 is 0 Å². The molecule has 2 rings (SSSR count). The van der Waals surface area contributed by atoms with E-state index in [1.54, 1.807) is 20.8 Å². The van der Waals surface area contributed by atoms with Crippen LogP contribution in [0.1, 0.15) is 33.6 Å². The molecule has 1 saturated heterocycles. The predicted molar refractivity (Wildman–Crippen MR) is 85.2 cm³/mol. The molecule has 0 aliphatic carbocycles. The number of esters is 1. The van der Waals surface area contributed by atoms with Crippen LogP contribution in [0.4, 0.5) is 5.69 Å². The fraction of sp³-hybridized carbons (Fsp3) is 0.588. The van der Waals surface area contributed by atoms with Crippen LogP contribution in [0.5, 0.6) is 5.75 Å². The zero-order chi connectivity index (χ0) is 16.2. The predicted octanol–water partition coefficient (Wildman–Crippen LogP) is 2.37. The molecule has 5 heteroatoms. The summed E-state index contributed by atoms with van der Waals surface area (Å²) in [5, 5.41) is 9.74. The van der Waals surface area contributed by atoms with Gasteiger partial charge in [-0.15, -0.1) is 0 Å². The molecule has 1 atom stereocenters. The van der Waals surface area contributed by atoms with Crippen molar-refractivity contribution in [3.05, 3.63) is 24.3 Å². The van der Waals surface area contributed by atoms with Crippen LogP contribution in [0.25, 0.3) is 0 Å². The molecule has 5 nitrogen and oxygen atoms in total. The first kappa shape index (κ1) is 16.6. The van der Waals surface area contributed by atoms with Gasteiger partial charge in [0.15, 0.2) is 5.60 Å². The smallest absolute Gasteiger partial charge is 0.349 e. The SMILES string of the molecule is CCOC(=O)C(C)(C)Oc1ccc(N2CCC[C@@H](O)C2)cc1. The first-order chi connectivity index (χ1) is 10.4. The van der Waals surface area contributed by atoms with Gasteiger partial charge in [0.2, 0.25) is 0 Å². The van der Waals surface area contributed by atoms with Gasteiger partial charge in [-0.2, -0.15) is 0 Å². The van der Waals surface area contributed by atoms with Gasteiger partial charge in [0.25, 0.3) is 0 Å². The largest absolute Gasteiger partial charge is 0.476 e. The average molecular weight is 307 g/mol. The van der Waals surface area contributed by atoms with Crippen LogP contribution in [-0.2, 0) is 9.53 Å². The third-order valence-electron chi connectivity index (χ3n) is 3.74. The van der Waals surface area contributed by atoms with E-state index in [2.05, 4.69) is 4.90 Å². The van der Waals surface area contributed by atoms with Gasteiger partial charge >= 0.3 is 5.97 Å². The Labute approximate surface area is 131 Å². The molecule has 0 amide bonds. The molecule has 0 spiro atoms. The number of nitrogens with zero attached hydrogens (tertiary/aromatic N) is 1. The van der Waals surface area contributed by atoms with Gasteiger partial charge in [-0.3, -0.25) is 0 Å². The highest BCUT2D eigenvalue weighted by molar-refractivity contribution is 5.79. The standard InChI is InChI=1S/C17H25NO4/c1-4-21-16(20)17(2,3)22-15-9-7-13(8-10-15)18-11-5-6-14(19)12-18/h7-10,14,19H,4-6,11-12H2,1-3H3/t14-/m1/s1. The summed E-state index contributed by atoms with van der Waals surface area (Å²) in [7, 11) is 0. The molecule has 1 heterocycles. The minimum absolute atomic E-state index is 0.257. The summed E-state index contributed by atoms with van der Waals surface area (Å²) in [6.07, 6.45) is 1.60. The van der Waals surface area contributed by atoms with Crippen LogP contribution in [0, 0.1) is 0 Å². The number of carbonyl (C=O) groups is 1. The quantitative estimate of drug-likeness (QED) is 0.846. The number of hydrogen-bond donors (Lipinski definition) is 1. The lowest BCUT2D eigenvalue weighted by Gasteiger charge is -2.32. The molecule has 22 heavy (non-hydrogen) atoms. The van der Waals surface area contributed by atoms with Crippen LogP contribution in [0.2, 0.25) is 0 Å². The van der Waals surface area contributed by atoms with E-state index in [9.17, 15) is 9.90 Å². The summed E-state index contributed by atoms with van der Waals surface area (Å²) in [5.41, 5.74) is 0.0406. The normalized spacial score (nSPS) is 18.9. The van der Waals surface area contributed by atoms with Crippen molar-refractivity contribution >= 4 is 11.7 Å². The number of aliphatic hydroxyl groups excluding tert-OH is 1. The monoisotopic (exact) mass is 307 g/mol. The van der Waals surface area contributed by atoms with Crippen LogP contribution < -0.4 is 9.64 Å². The van der Waals surface area contributed by atoms with Crippen molar-refractivity contribution in [2.75, 3.05) is 24.6 Å². The second-order valence-electron chi connectivity index (χ2n) is 6.07. The molecule has 1 fully saturated rings. The van der Waals surface area contributed by atoms with Crippen LogP contribution in [0.15, 0.2) is 24.3 Å². The van der Waals surface area contributed by atoms with E-state index in [1.165, 1.54) is 0 Å². The van der Waals surface area contributed by atoms with E-state index in [0.29, 0.717) is 18.9 Å². The average Bonchev–Trinajstić information content (AvgIpc) is 2.48. The Bertz CT molecular complexity index is 498. The summed E-state index contributed by atoms with van der Waals surface area (Å²) < 4.78 is 10.7. The van der Waals surface area contributed by atoms with E-state index in [1.807, 2.05) is 24.3 Å². The van der Waals surface area contributed by atoms with Crippen LogP contribution >= 0.6 is 0 Å². The summed E-state index contributed by atoms with van der Waals surface area (Å²) in [5.74, 6) is 0.248. The molecule has 0 aromatic heterocycles. The lowest BCUT2D eigenvalue weighted by atomic mass is 10.1. The highest BCUT2D eigenvalue weighted by Crippen LogP contribution is 2.25. The van der Waals surface area contributed by atoms with Crippen molar-refractivity contribution in [1.29, 1.82) is 0 Å². The van der Waals surface area contributed by atoms with E-state index in [4.69, 9.17) is 9.47 Å². The molecular formula is C17H25NO4. The highest BCUT2D eigenvalue weighted by atomic mass is 16.6. The lowest BCUT2D eigenvalue weighted by Crippen LogP contribution is -2.40. The Morgan fingerprint density at radius 3 is 2.64 bits per heavy atom. The third-order valence-corrected chi connectivity index (χ3v) is 3.74. The number of benzene rings is 1. The van der Waals surface area contributed by atoms with E-state index in [0.717, 1.165) is 25.1 Å². The molecule has 0 saturated carbocycles. The third kappa shape index (κ3) is 4.13. The van der Waals surface area contributed by atoms with Gasteiger partial charge in [0.05, 0.1) is 12.7 Å². The molecule has 0 unspecified atom stereocenters. The molecule has 0 bridgehead atoms. The Balaban J connectivity index is 2.01. The number of β-amino-alcohol motifs (C(OH)–C–C–N with tert-alkyl or cyclic N) is 1. The van der Waals surface area contributed by atoms with Crippen molar-refractivity contribution in [3.63, 3.8) is 0 Å². The highest BCUT2D eigenvalue weighted by Gasteiger charge is 2.31. The zero-order valence-corrected chi connectivity index (χ0v) is 13.5.